The Kier molecular flexibility index (Phi) is 6.34. The summed E-state index contributed by atoms with van der Waals surface area (Å²) >= 11 is 0. The number of nitrogens with one attached hydrogen (secondary N) is 2. The van der Waals surface area contributed by atoms with E-state index < -0.39 is 11.6 Å². The molecule has 0 unspecified atom stereocenters. The zero-order valence-corrected chi connectivity index (χ0v) is 19.7. The number of amides is 1. The van der Waals surface area contributed by atoms with E-state index in [0.29, 0.717) is 24.4 Å². The summed E-state index contributed by atoms with van der Waals surface area (Å²) in [6.45, 7) is 6.31. The number of benzene rings is 2. The van der Waals surface area contributed by atoms with E-state index in [1.807, 2.05) is 34.8 Å². The van der Waals surface area contributed by atoms with Gasteiger partial charge in [-0.05, 0) is 49.5 Å². The minimum atomic E-state index is -0.976. The molecule has 2 N–H and O–H groups in total. The summed E-state index contributed by atoms with van der Waals surface area (Å²) in [7, 11) is 2.01. The Balaban J connectivity index is 1.42. The number of halogens is 2. The monoisotopic (exact) mass is 489 g/mol. The van der Waals surface area contributed by atoms with Crippen LogP contribution in [0.1, 0.15) is 0 Å². The fourth-order valence-electron chi connectivity index (χ4n) is 4.16. The highest BCUT2D eigenvalue weighted by Gasteiger charge is 2.22. The van der Waals surface area contributed by atoms with Gasteiger partial charge in [0.2, 0.25) is 11.9 Å². The summed E-state index contributed by atoms with van der Waals surface area (Å²) in [5, 5.41) is 6.30. The summed E-state index contributed by atoms with van der Waals surface area (Å²) in [6.07, 6.45) is 4.63. The molecule has 10 heteroatoms. The van der Waals surface area contributed by atoms with Crippen molar-refractivity contribution < 1.29 is 13.6 Å². The quantitative estimate of drug-likeness (QED) is 0.393. The van der Waals surface area contributed by atoms with Gasteiger partial charge in [0, 0.05) is 55.3 Å². The van der Waals surface area contributed by atoms with E-state index in [1.165, 1.54) is 12.1 Å². The first-order chi connectivity index (χ1) is 17.4. The summed E-state index contributed by atoms with van der Waals surface area (Å²) in [5.74, 6) is -2.06. The largest absolute Gasteiger partial charge is 0.367 e. The highest BCUT2D eigenvalue weighted by Crippen LogP contribution is 2.29. The van der Waals surface area contributed by atoms with Crippen LogP contribution in [0.4, 0.5) is 31.8 Å². The van der Waals surface area contributed by atoms with E-state index in [4.69, 9.17) is 0 Å². The zero-order valence-electron chi connectivity index (χ0n) is 19.7. The minimum Gasteiger partial charge on any atom is -0.367 e. The summed E-state index contributed by atoms with van der Waals surface area (Å²) in [4.78, 5) is 24.5. The molecule has 0 spiro atoms. The van der Waals surface area contributed by atoms with Gasteiger partial charge < -0.3 is 25.0 Å². The van der Waals surface area contributed by atoms with Crippen molar-refractivity contribution in [2.75, 3.05) is 48.8 Å². The van der Waals surface area contributed by atoms with Crippen molar-refractivity contribution >= 4 is 40.0 Å². The van der Waals surface area contributed by atoms with Gasteiger partial charge in [0.1, 0.15) is 5.65 Å². The average molecular weight is 490 g/mol. The van der Waals surface area contributed by atoms with Gasteiger partial charge in [-0.1, -0.05) is 12.6 Å². The van der Waals surface area contributed by atoms with E-state index in [0.717, 1.165) is 24.2 Å². The van der Waals surface area contributed by atoms with E-state index in [-0.39, 0.29) is 23.2 Å². The van der Waals surface area contributed by atoms with Gasteiger partial charge in [0.05, 0.1) is 11.4 Å². The summed E-state index contributed by atoms with van der Waals surface area (Å²) < 4.78 is 31.7. The third kappa shape index (κ3) is 4.63. The highest BCUT2D eigenvalue weighted by molar-refractivity contribution is 5.99. The van der Waals surface area contributed by atoms with Gasteiger partial charge in [0.15, 0.2) is 11.6 Å². The number of hydrogen-bond acceptors (Lipinski definition) is 6. The first-order valence-electron chi connectivity index (χ1n) is 11.5. The van der Waals surface area contributed by atoms with Crippen LogP contribution >= 0.6 is 0 Å². The number of fused-ring (bicyclic) bond motifs is 1. The second kappa shape index (κ2) is 9.74. The number of anilines is 4. The van der Waals surface area contributed by atoms with Gasteiger partial charge in [-0.2, -0.15) is 4.98 Å². The second-order valence-corrected chi connectivity index (χ2v) is 8.58. The first-order valence-corrected chi connectivity index (χ1v) is 11.5. The number of carbonyl (C=O) groups excluding carboxylic acids is 1. The molecule has 184 valence electrons. The van der Waals surface area contributed by atoms with Crippen molar-refractivity contribution in [3.63, 3.8) is 0 Å². The van der Waals surface area contributed by atoms with Crippen molar-refractivity contribution in [1.82, 2.24) is 19.4 Å². The number of piperazine rings is 1. The Labute approximate surface area is 206 Å². The normalized spacial score (nSPS) is 14.1. The highest BCUT2D eigenvalue weighted by atomic mass is 19.2. The summed E-state index contributed by atoms with van der Waals surface area (Å²) in [5.41, 5.74) is 2.13. The van der Waals surface area contributed by atoms with Gasteiger partial charge >= 0.3 is 0 Å². The predicted molar refractivity (Wildman–Crippen MR) is 137 cm³/mol. The molecule has 4 aromatic rings. The lowest BCUT2D eigenvalue weighted by atomic mass is 10.2. The second-order valence-electron chi connectivity index (χ2n) is 8.58. The van der Waals surface area contributed by atoms with Crippen LogP contribution in [0.5, 0.6) is 0 Å². The van der Waals surface area contributed by atoms with E-state index in [2.05, 4.69) is 32.1 Å². The molecular formula is C26H25F2N7O. The molecule has 1 fully saturated rings. The van der Waals surface area contributed by atoms with Gasteiger partial charge in [0.25, 0.3) is 0 Å². The minimum absolute atomic E-state index is 0.0445. The Bertz CT molecular complexity index is 1440. The Morgan fingerprint density at radius 1 is 1.08 bits per heavy atom. The molecule has 1 aliphatic rings. The van der Waals surface area contributed by atoms with E-state index in [1.54, 1.807) is 30.5 Å². The lowest BCUT2D eigenvalue weighted by Gasteiger charge is -2.34. The van der Waals surface area contributed by atoms with Crippen LogP contribution in [0.25, 0.3) is 16.7 Å². The standard InChI is InChI=1S/C26H25F2N7O/c1-3-22(36)30-18-5-4-6-19(15-18)35-10-9-17-16-29-26(32-25(17)35)31-20-7-8-21(24(28)23(20)27)34-13-11-33(2)12-14-34/h3-10,15-16H,1,11-14H2,2H3,(H,30,36)(H,29,31,32). The molecule has 36 heavy (non-hydrogen) atoms. The van der Waals surface area contributed by atoms with Gasteiger partial charge in [-0.3, -0.25) is 4.79 Å². The third-order valence-electron chi connectivity index (χ3n) is 6.16. The molecule has 3 heterocycles. The maximum atomic E-state index is 15.0. The van der Waals surface area contributed by atoms with Crippen LogP contribution in [0.15, 0.2) is 67.5 Å². The van der Waals surface area contributed by atoms with Gasteiger partial charge in [-0.25, -0.2) is 13.8 Å². The number of nitrogens with zero attached hydrogens (tertiary/aromatic N) is 5. The molecule has 0 atom stereocenters. The number of rotatable bonds is 6. The lowest BCUT2D eigenvalue weighted by molar-refractivity contribution is -0.111. The molecule has 0 saturated carbocycles. The van der Waals surface area contributed by atoms with Crippen molar-refractivity contribution in [1.29, 1.82) is 0 Å². The number of likely N-dealkylation sites (N-methyl/N-ethyl adjacent to an activating group) is 1. The van der Waals surface area contributed by atoms with E-state index in [9.17, 15) is 13.6 Å². The summed E-state index contributed by atoms with van der Waals surface area (Å²) in [6, 6.07) is 12.2. The molecule has 2 aromatic carbocycles. The average Bonchev–Trinajstić information content (AvgIpc) is 3.31. The van der Waals surface area contributed by atoms with Crippen LogP contribution in [-0.2, 0) is 4.79 Å². The molecule has 1 aliphatic heterocycles. The lowest BCUT2D eigenvalue weighted by Crippen LogP contribution is -2.44. The molecule has 8 nitrogen and oxygen atoms in total. The molecule has 2 aromatic heterocycles. The van der Waals surface area contributed by atoms with Crippen molar-refractivity contribution in [3.05, 3.63) is 79.1 Å². The fourth-order valence-corrected chi connectivity index (χ4v) is 4.16. The van der Waals surface area contributed by atoms with Crippen LogP contribution in [0.2, 0.25) is 0 Å². The van der Waals surface area contributed by atoms with Crippen molar-refractivity contribution in [3.8, 4) is 5.69 Å². The number of hydrogen-bond donors (Lipinski definition) is 2. The molecule has 0 aliphatic carbocycles. The molecular weight excluding hydrogens is 464 g/mol. The number of carbonyl (C=O) groups is 1. The van der Waals surface area contributed by atoms with Crippen LogP contribution in [0, 0.1) is 11.6 Å². The predicted octanol–water partition coefficient (Wildman–Crippen LogP) is 4.32. The van der Waals surface area contributed by atoms with Gasteiger partial charge in [-0.15, -0.1) is 0 Å². The Morgan fingerprint density at radius 3 is 2.67 bits per heavy atom. The SMILES string of the molecule is C=CC(=O)Nc1cccc(-n2ccc3cnc(Nc4ccc(N5CCN(C)CC5)c(F)c4F)nc32)c1. The van der Waals surface area contributed by atoms with Crippen LogP contribution in [-0.4, -0.2) is 58.6 Å². The Hall–Kier alpha value is -4.31. The Morgan fingerprint density at radius 2 is 1.89 bits per heavy atom. The van der Waals surface area contributed by atoms with Crippen molar-refractivity contribution in [2.24, 2.45) is 0 Å². The molecule has 5 rings (SSSR count). The molecule has 1 amide bonds. The number of aromatic nitrogens is 3. The molecule has 0 radical (unpaired) electrons. The van der Waals surface area contributed by atoms with Crippen molar-refractivity contribution in [2.45, 2.75) is 0 Å². The maximum absolute atomic E-state index is 15.0. The van der Waals surface area contributed by atoms with Crippen LogP contribution in [0.3, 0.4) is 0 Å². The van der Waals surface area contributed by atoms with E-state index >= 15 is 0 Å². The first kappa shape index (κ1) is 23.4. The zero-order chi connectivity index (χ0) is 25.2. The molecule has 1 saturated heterocycles. The maximum Gasteiger partial charge on any atom is 0.247 e. The fraction of sp³-hybridized carbons (Fsp3) is 0.192. The van der Waals surface area contributed by atoms with Crippen LogP contribution < -0.4 is 15.5 Å². The topological polar surface area (TPSA) is 78.3 Å². The molecule has 0 bridgehead atoms. The smallest absolute Gasteiger partial charge is 0.247 e. The third-order valence-corrected chi connectivity index (χ3v) is 6.16.